The van der Waals surface area contributed by atoms with E-state index in [1.165, 1.54) is 0 Å². The molecule has 0 heterocycles. The summed E-state index contributed by atoms with van der Waals surface area (Å²) < 4.78 is 0. The third-order valence-corrected chi connectivity index (χ3v) is 1.91. The lowest BCUT2D eigenvalue weighted by Crippen LogP contribution is -2.26. The monoisotopic (exact) mass is 236 g/mol. The van der Waals surface area contributed by atoms with Crippen LogP contribution in [0.5, 0.6) is 0 Å². The smallest absolute Gasteiger partial charge is 0.218 e. The molecule has 0 bridgehead atoms. The van der Waals surface area contributed by atoms with E-state index in [-0.39, 0.29) is 19.3 Å². The van der Waals surface area contributed by atoms with Crippen LogP contribution in [-0.2, 0) is 6.54 Å². The van der Waals surface area contributed by atoms with Gasteiger partial charge in [-0.1, -0.05) is 19.6 Å². The van der Waals surface area contributed by atoms with Gasteiger partial charge in [-0.15, -0.1) is 0 Å². The first-order chi connectivity index (χ1) is 7.61. The normalized spacial score (nSPS) is 10.3. The van der Waals surface area contributed by atoms with Crippen molar-refractivity contribution < 1.29 is 0 Å². The van der Waals surface area contributed by atoms with Gasteiger partial charge in [-0.2, -0.15) is 4.99 Å². The molecule has 0 aliphatic heterocycles. The van der Waals surface area contributed by atoms with E-state index in [1.807, 2.05) is 31.3 Å². The third kappa shape index (κ3) is 5.41. The van der Waals surface area contributed by atoms with Crippen molar-refractivity contribution in [1.29, 1.82) is 0 Å². The Hall–Kier alpha value is -2.24. The minimum atomic E-state index is -0.0909. The summed E-state index contributed by atoms with van der Waals surface area (Å²) >= 11 is 0. The average molecular weight is 236 g/mol. The van der Waals surface area contributed by atoms with Gasteiger partial charge in [0.1, 0.15) is 0 Å². The molecule has 0 atom stereocenters. The number of nitrogens with one attached hydrogen (secondary N) is 1. The highest BCUT2D eigenvalue weighted by Gasteiger charge is 1.93. The maximum absolute atomic E-state index is 5.47. The Morgan fingerprint density at radius 2 is 1.76 bits per heavy atom. The predicted octanol–water partition coefficient (Wildman–Crippen LogP) is 0.453. The van der Waals surface area contributed by atoms with Crippen molar-refractivity contribution in [3.8, 4) is 0 Å². The summed E-state index contributed by atoms with van der Waals surface area (Å²) in [5.41, 5.74) is 17.9. The van der Waals surface area contributed by atoms with Crippen molar-refractivity contribution in [3.63, 3.8) is 0 Å². The molecule has 0 aliphatic rings. The van der Waals surface area contributed by atoms with Crippen LogP contribution in [0.25, 0.3) is 0 Å². The average Bonchev–Trinajstić information content (AvgIpc) is 2.26. The molecule has 0 aliphatic carbocycles. The van der Waals surface area contributed by atoms with Gasteiger partial charge < -0.3 is 22.5 Å². The summed E-state index contributed by atoms with van der Waals surface area (Å²) in [6.07, 6.45) is 0. The van der Waals surface area contributed by atoms with E-state index in [9.17, 15) is 0 Å². The van der Waals surface area contributed by atoms with Crippen LogP contribution in [-0.4, -0.2) is 19.0 Å². The first-order valence-electron chi connectivity index (χ1n) is 4.78. The molecule has 0 unspecified atom stereocenters. The summed E-state index contributed by atoms with van der Waals surface area (Å²) in [6, 6.07) is 7.83. The standard InChI is InChI=1S/C10H16N6.CH4/c1-14-8-4-2-7(3-5-8)6-15-10(13)16-9(11)12;/h2-5,14H,6H2,1H3,(H6,11,12,13,15,16);1H4. The Kier molecular flexibility index (Phi) is 6.17. The second-order valence-electron chi connectivity index (χ2n) is 3.16. The molecule has 0 saturated heterocycles. The fourth-order valence-corrected chi connectivity index (χ4v) is 1.12. The molecule has 0 spiro atoms. The number of nitrogens with two attached hydrogens (primary N) is 3. The van der Waals surface area contributed by atoms with Crippen molar-refractivity contribution in [3.05, 3.63) is 29.8 Å². The Morgan fingerprint density at radius 3 is 2.24 bits per heavy atom. The van der Waals surface area contributed by atoms with Crippen LogP contribution in [0.1, 0.15) is 13.0 Å². The second kappa shape index (κ2) is 7.10. The van der Waals surface area contributed by atoms with E-state index in [4.69, 9.17) is 17.2 Å². The molecule has 7 N–H and O–H groups in total. The molecular weight excluding hydrogens is 216 g/mol. The van der Waals surface area contributed by atoms with Gasteiger partial charge in [-0.25, -0.2) is 4.99 Å². The van der Waals surface area contributed by atoms with Crippen molar-refractivity contribution in [2.75, 3.05) is 12.4 Å². The highest BCUT2D eigenvalue weighted by molar-refractivity contribution is 5.92. The summed E-state index contributed by atoms with van der Waals surface area (Å²) in [6.45, 7) is 0.451. The Bertz CT molecular complexity index is 389. The molecule has 0 aromatic heterocycles. The van der Waals surface area contributed by atoms with E-state index in [0.29, 0.717) is 6.54 Å². The third-order valence-electron chi connectivity index (χ3n) is 1.91. The fraction of sp³-hybridized carbons (Fsp3) is 0.273. The van der Waals surface area contributed by atoms with Crippen LogP contribution in [0.15, 0.2) is 34.3 Å². The molecule has 1 aromatic rings. The predicted molar refractivity (Wildman–Crippen MR) is 73.9 cm³/mol. The SMILES string of the molecule is C.CNc1ccc(CN=C(N)N=C(N)N)cc1. The van der Waals surface area contributed by atoms with E-state index in [0.717, 1.165) is 11.3 Å². The zero-order valence-electron chi connectivity index (χ0n) is 9.14. The summed E-state index contributed by atoms with van der Waals surface area (Å²) in [7, 11) is 1.86. The van der Waals surface area contributed by atoms with Gasteiger partial charge in [-0.05, 0) is 17.7 Å². The molecule has 94 valence electrons. The number of nitrogens with zero attached hydrogens (tertiary/aromatic N) is 2. The van der Waals surface area contributed by atoms with E-state index < -0.39 is 0 Å². The molecular formula is C11H20N6. The minimum absolute atomic E-state index is 0. The lowest BCUT2D eigenvalue weighted by atomic mass is 10.2. The molecule has 6 heteroatoms. The van der Waals surface area contributed by atoms with E-state index in [1.54, 1.807) is 0 Å². The molecule has 1 aromatic carbocycles. The summed E-state index contributed by atoms with van der Waals surface area (Å²) in [5.74, 6) is -0.00975. The number of rotatable bonds is 3. The number of hydrogen-bond acceptors (Lipinski definition) is 2. The van der Waals surface area contributed by atoms with Gasteiger partial charge in [0.25, 0.3) is 0 Å². The van der Waals surface area contributed by atoms with Crippen LogP contribution in [0.4, 0.5) is 5.69 Å². The molecule has 1 rings (SSSR count). The van der Waals surface area contributed by atoms with Crippen LogP contribution in [0.3, 0.4) is 0 Å². The molecule has 17 heavy (non-hydrogen) atoms. The Morgan fingerprint density at radius 1 is 1.18 bits per heavy atom. The highest BCUT2D eigenvalue weighted by atomic mass is 15.1. The van der Waals surface area contributed by atoms with Gasteiger partial charge in [0.15, 0.2) is 5.96 Å². The van der Waals surface area contributed by atoms with Crippen molar-refractivity contribution in [2.24, 2.45) is 27.2 Å². The van der Waals surface area contributed by atoms with E-state index >= 15 is 0 Å². The summed E-state index contributed by atoms with van der Waals surface area (Å²) in [5, 5.41) is 3.03. The number of guanidine groups is 2. The molecule has 0 fully saturated rings. The van der Waals surface area contributed by atoms with Gasteiger partial charge >= 0.3 is 0 Å². The number of hydrogen-bond donors (Lipinski definition) is 4. The largest absolute Gasteiger partial charge is 0.388 e. The molecule has 0 amide bonds. The lowest BCUT2D eigenvalue weighted by molar-refractivity contribution is 1.05. The lowest BCUT2D eigenvalue weighted by Gasteiger charge is -2.01. The quantitative estimate of drug-likeness (QED) is 0.450. The minimum Gasteiger partial charge on any atom is -0.388 e. The zero-order chi connectivity index (χ0) is 12.0. The highest BCUT2D eigenvalue weighted by Crippen LogP contribution is 2.09. The number of benzene rings is 1. The Balaban J connectivity index is 0.00000256. The van der Waals surface area contributed by atoms with Crippen LogP contribution >= 0.6 is 0 Å². The topological polar surface area (TPSA) is 115 Å². The first-order valence-corrected chi connectivity index (χ1v) is 4.78. The van der Waals surface area contributed by atoms with Gasteiger partial charge in [0.2, 0.25) is 5.96 Å². The second-order valence-corrected chi connectivity index (χ2v) is 3.16. The molecule has 6 nitrogen and oxygen atoms in total. The number of anilines is 1. The van der Waals surface area contributed by atoms with Crippen LogP contribution in [0, 0.1) is 0 Å². The summed E-state index contributed by atoms with van der Waals surface area (Å²) in [4.78, 5) is 7.63. The van der Waals surface area contributed by atoms with Crippen molar-refractivity contribution in [2.45, 2.75) is 14.0 Å². The van der Waals surface area contributed by atoms with Crippen molar-refractivity contribution in [1.82, 2.24) is 0 Å². The van der Waals surface area contributed by atoms with E-state index in [2.05, 4.69) is 15.3 Å². The maximum Gasteiger partial charge on any atom is 0.218 e. The Labute approximate surface area is 102 Å². The van der Waals surface area contributed by atoms with Crippen LogP contribution in [0.2, 0.25) is 0 Å². The van der Waals surface area contributed by atoms with Crippen molar-refractivity contribution >= 4 is 17.6 Å². The fourth-order valence-electron chi connectivity index (χ4n) is 1.12. The number of aliphatic imine (C=N–C) groups is 2. The molecule has 0 saturated carbocycles. The first kappa shape index (κ1) is 14.8. The van der Waals surface area contributed by atoms with Gasteiger partial charge in [-0.3, -0.25) is 0 Å². The molecule has 0 radical (unpaired) electrons. The van der Waals surface area contributed by atoms with Gasteiger partial charge in [0.05, 0.1) is 6.54 Å². The van der Waals surface area contributed by atoms with Crippen LogP contribution < -0.4 is 22.5 Å². The zero-order valence-corrected chi connectivity index (χ0v) is 9.14. The van der Waals surface area contributed by atoms with Gasteiger partial charge in [0, 0.05) is 12.7 Å². The maximum atomic E-state index is 5.47.